The summed E-state index contributed by atoms with van der Waals surface area (Å²) in [4.78, 5) is 26.6. The molecule has 0 spiro atoms. The minimum atomic E-state index is -0.934. The molecular formula is C25H24N2O9. The van der Waals surface area contributed by atoms with E-state index in [-0.39, 0.29) is 57.3 Å². The molecule has 1 N–H and O–H groups in total. The number of hydrogen-bond acceptors (Lipinski definition) is 10. The maximum atomic E-state index is 13.6. The number of carbonyl (C=O) groups is 2. The van der Waals surface area contributed by atoms with Gasteiger partial charge in [-0.15, -0.1) is 0 Å². The van der Waals surface area contributed by atoms with Crippen LogP contribution in [0.3, 0.4) is 0 Å². The lowest BCUT2D eigenvalue weighted by Gasteiger charge is -2.13. The fourth-order valence-electron chi connectivity index (χ4n) is 3.45. The molecule has 0 amide bonds. The second-order valence-corrected chi connectivity index (χ2v) is 7.08. The Labute approximate surface area is 206 Å². The summed E-state index contributed by atoms with van der Waals surface area (Å²) in [6, 6.07) is 6.02. The third-order valence-electron chi connectivity index (χ3n) is 5.17. The standard InChI is InChI=1S/C25H24N2O9/c1-14(31-2)13-36-25(30)27-22-16(9-10-28)18(32-3)8-7-17(22)21(26-27)23(29)15-11-19(33-4)24(35-6)20(12-15)34-5/h7-8,11-12,28H,1,13H2,2-6H3. The van der Waals surface area contributed by atoms with Crippen LogP contribution < -0.4 is 18.9 Å². The number of fused-ring (bicyclic) bond motifs is 1. The van der Waals surface area contributed by atoms with Gasteiger partial charge in [0.05, 0.1) is 41.1 Å². The van der Waals surface area contributed by atoms with Gasteiger partial charge in [0.15, 0.2) is 11.5 Å². The summed E-state index contributed by atoms with van der Waals surface area (Å²) >= 11 is 0. The van der Waals surface area contributed by atoms with E-state index in [1.807, 2.05) is 0 Å². The molecule has 0 unspecified atom stereocenters. The Bertz CT molecular complexity index is 1370. The highest BCUT2D eigenvalue weighted by molar-refractivity contribution is 6.17. The molecule has 3 aromatic rings. The number of nitrogens with zero attached hydrogens (tertiary/aromatic N) is 2. The van der Waals surface area contributed by atoms with Crippen LogP contribution in [0.5, 0.6) is 23.0 Å². The van der Waals surface area contributed by atoms with Crippen LogP contribution in [0.4, 0.5) is 4.79 Å². The molecule has 0 atom stereocenters. The summed E-state index contributed by atoms with van der Waals surface area (Å²) < 4.78 is 32.3. The van der Waals surface area contributed by atoms with E-state index in [0.29, 0.717) is 5.75 Å². The average molecular weight is 496 g/mol. The third kappa shape index (κ3) is 4.69. The normalized spacial score (nSPS) is 10.1. The van der Waals surface area contributed by atoms with Crippen molar-refractivity contribution in [3.8, 4) is 35.0 Å². The second kappa shape index (κ2) is 11.1. The highest BCUT2D eigenvalue weighted by atomic mass is 16.6. The van der Waals surface area contributed by atoms with Crippen LogP contribution in [0.2, 0.25) is 0 Å². The van der Waals surface area contributed by atoms with Gasteiger partial charge in [-0.05, 0) is 30.2 Å². The van der Waals surface area contributed by atoms with E-state index in [1.165, 1.54) is 53.7 Å². The van der Waals surface area contributed by atoms with Crippen LogP contribution in [0.15, 0.2) is 36.6 Å². The van der Waals surface area contributed by atoms with E-state index in [9.17, 15) is 14.7 Å². The highest BCUT2D eigenvalue weighted by Gasteiger charge is 2.27. The van der Waals surface area contributed by atoms with Gasteiger partial charge in [0.2, 0.25) is 11.5 Å². The van der Waals surface area contributed by atoms with Gasteiger partial charge in [0, 0.05) is 10.9 Å². The summed E-state index contributed by atoms with van der Waals surface area (Å²) in [5.41, 5.74) is 0.282. The summed E-state index contributed by atoms with van der Waals surface area (Å²) in [6.07, 6.45) is 0.866. The van der Waals surface area contributed by atoms with Gasteiger partial charge in [-0.2, -0.15) is 9.78 Å². The third-order valence-corrected chi connectivity index (χ3v) is 5.17. The average Bonchev–Trinajstić information content (AvgIpc) is 3.30. The number of ether oxygens (including phenoxy) is 6. The van der Waals surface area contributed by atoms with E-state index in [0.717, 1.165) is 4.68 Å². The van der Waals surface area contributed by atoms with Crippen LogP contribution in [-0.4, -0.2) is 68.9 Å². The molecule has 0 aliphatic heterocycles. The number of benzene rings is 2. The van der Waals surface area contributed by atoms with Crippen molar-refractivity contribution in [1.29, 1.82) is 0 Å². The van der Waals surface area contributed by atoms with Crippen molar-refractivity contribution >= 4 is 22.8 Å². The molecule has 2 aromatic carbocycles. The molecule has 1 aromatic heterocycles. The SMILES string of the molecule is C=C(COC(=O)n1nc(C(=O)c2cc(OC)c(OC)c(OC)c2)c2ccc(OC)c(C#CO)c21)OC. The predicted octanol–water partition coefficient (Wildman–Crippen LogP) is 3.13. The van der Waals surface area contributed by atoms with Crippen LogP contribution in [0, 0.1) is 12.0 Å². The summed E-state index contributed by atoms with van der Waals surface area (Å²) in [7, 11) is 7.07. The molecule has 0 radical (unpaired) electrons. The van der Waals surface area contributed by atoms with Crippen LogP contribution in [-0.2, 0) is 9.47 Å². The first-order valence-corrected chi connectivity index (χ1v) is 10.3. The predicted molar refractivity (Wildman–Crippen MR) is 128 cm³/mol. The Morgan fingerprint density at radius 1 is 1.00 bits per heavy atom. The van der Waals surface area contributed by atoms with E-state index in [1.54, 1.807) is 12.2 Å². The van der Waals surface area contributed by atoms with E-state index >= 15 is 0 Å². The monoisotopic (exact) mass is 496 g/mol. The van der Waals surface area contributed by atoms with Gasteiger partial charge < -0.3 is 33.5 Å². The molecule has 1 heterocycles. The summed E-state index contributed by atoms with van der Waals surface area (Å²) in [5.74, 6) is 3.19. The topological polar surface area (TPSA) is 128 Å². The number of hydrogen-bond donors (Lipinski definition) is 1. The minimum Gasteiger partial charge on any atom is -0.498 e. The molecule has 0 saturated carbocycles. The maximum absolute atomic E-state index is 13.6. The lowest BCUT2D eigenvalue weighted by molar-refractivity contribution is 0.103. The fourth-order valence-corrected chi connectivity index (χ4v) is 3.45. The Balaban J connectivity index is 2.26. The van der Waals surface area contributed by atoms with Crippen molar-refractivity contribution in [2.45, 2.75) is 0 Å². The van der Waals surface area contributed by atoms with Crippen LogP contribution in [0.1, 0.15) is 21.6 Å². The fraction of sp³-hybridized carbons (Fsp3) is 0.240. The molecule has 0 aliphatic rings. The number of aliphatic hydroxyl groups is 1. The number of rotatable bonds is 9. The van der Waals surface area contributed by atoms with E-state index in [2.05, 4.69) is 17.6 Å². The molecule has 0 saturated heterocycles. The second-order valence-electron chi connectivity index (χ2n) is 7.08. The van der Waals surface area contributed by atoms with Gasteiger partial charge in [-0.1, -0.05) is 6.58 Å². The molecule has 0 fully saturated rings. The molecule has 188 valence electrons. The molecule has 36 heavy (non-hydrogen) atoms. The lowest BCUT2D eigenvalue weighted by Crippen LogP contribution is -2.18. The number of ketones is 1. The Hall–Kier alpha value is -4.85. The number of aliphatic hydroxyl groups excluding tert-OH is 1. The smallest absolute Gasteiger partial charge is 0.435 e. The summed E-state index contributed by atoms with van der Waals surface area (Å²) in [6.45, 7) is 3.35. The van der Waals surface area contributed by atoms with Crippen molar-refractivity contribution in [3.05, 3.63) is 53.4 Å². The van der Waals surface area contributed by atoms with Crippen molar-refractivity contribution in [3.63, 3.8) is 0 Å². The van der Waals surface area contributed by atoms with Crippen molar-refractivity contribution < 1.29 is 43.1 Å². The lowest BCUT2D eigenvalue weighted by atomic mass is 10.0. The Morgan fingerprint density at radius 3 is 2.17 bits per heavy atom. The molecule has 3 rings (SSSR count). The van der Waals surface area contributed by atoms with Crippen molar-refractivity contribution in [2.75, 3.05) is 42.2 Å². The first-order chi connectivity index (χ1) is 17.3. The Morgan fingerprint density at radius 2 is 1.64 bits per heavy atom. The number of carbonyl (C=O) groups excluding carboxylic acids is 2. The number of aromatic nitrogens is 2. The molecule has 0 bridgehead atoms. The highest BCUT2D eigenvalue weighted by Crippen LogP contribution is 2.39. The largest absolute Gasteiger partial charge is 0.498 e. The first kappa shape index (κ1) is 25.8. The van der Waals surface area contributed by atoms with Gasteiger partial charge in [0.25, 0.3) is 0 Å². The number of methoxy groups -OCH3 is 5. The minimum absolute atomic E-state index is 0.0922. The van der Waals surface area contributed by atoms with Crippen molar-refractivity contribution in [2.24, 2.45) is 0 Å². The molecular weight excluding hydrogens is 472 g/mol. The van der Waals surface area contributed by atoms with E-state index < -0.39 is 11.9 Å². The zero-order valence-corrected chi connectivity index (χ0v) is 20.3. The molecule has 11 nitrogen and oxygen atoms in total. The zero-order valence-electron chi connectivity index (χ0n) is 20.3. The van der Waals surface area contributed by atoms with Crippen molar-refractivity contribution in [1.82, 2.24) is 9.78 Å². The maximum Gasteiger partial charge on any atom is 0.435 e. The Kier molecular flexibility index (Phi) is 7.91. The van der Waals surface area contributed by atoms with E-state index in [4.69, 9.17) is 28.4 Å². The van der Waals surface area contributed by atoms with Gasteiger partial charge >= 0.3 is 6.09 Å². The quantitative estimate of drug-likeness (QED) is 0.268. The first-order valence-electron chi connectivity index (χ1n) is 10.3. The van der Waals surface area contributed by atoms with Crippen LogP contribution >= 0.6 is 0 Å². The molecule has 11 heteroatoms. The molecule has 0 aliphatic carbocycles. The van der Waals surface area contributed by atoms with Gasteiger partial charge in [-0.25, -0.2) is 4.79 Å². The van der Waals surface area contributed by atoms with Gasteiger partial charge in [0.1, 0.15) is 35.4 Å². The van der Waals surface area contributed by atoms with Gasteiger partial charge in [-0.3, -0.25) is 4.79 Å². The summed E-state index contributed by atoms with van der Waals surface area (Å²) in [5, 5.41) is 13.8. The van der Waals surface area contributed by atoms with Crippen LogP contribution in [0.25, 0.3) is 10.9 Å². The zero-order chi connectivity index (χ0) is 26.4.